The number of nitrogens with zero attached hydrogens (tertiary/aromatic N) is 3. The zero-order valence-corrected chi connectivity index (χ0v) is 16.4. The van der Waals surface area contributed by atoms with Crippen molar-refractivity contribution in [1.82, 2.24) is 14.1 Å². The molecule has 1 aromatic carbocycles. The molecule has 1 aromatic rings. The van der Waals surface area contributed by atoms with E-state index in [1.54, 1.807) is 28.6 Å². The summed E-state index contributed by atoms with van der Waals surface area (Å²) in [6.07, 6.45) is 4.50. The molecule has 1 amide bonds. The van der Waals surface area contributed by atoms with Crippen molar-refractivity contribution in [3.8, 4) is 0 Å². The van der Waals surface area contributed by atoms with Crippen LogP contribution in [0.5, 0.6) is 0 Å². The number of carbonyl (C=O) groups excluding carboxylic acids is 1. The minimum atomic E-state index is -3.31. The first-order chi connectivity index (χ1) is 12.5. The molecule has 0 spiro atoms. The summed E-state index contributed by atoms with van der Waals surface area (Å²) in [6, 6.07) is 7.08. The monoisotopic (exact) mass is 379 g/mol. The lowest BCUT2D eigenvalue weighted by molar-refractivity contribution is 0.0761. The first-order valence-corrected chi connectivity index (χ1v) is 11.1. The van der Waals surface area contributed by atoms with Gasteiger partial charge in [-0.1, -0.05) is 25.0 Å². The lowest BCUT2D eigenvalue weighted by Crippen LogP contribution is -2.47. The summed E-state index contributed by atoms with van der Waals surface area (Å²) in [5.74, 6) is 0.0508. The number of piperazine rings is 1. The molecule has 7 heteroatoms. The van der Waals surface area contributed by atoms with Gasteiger partial charge in [-0.3, -0.25) is 4.79 Å². The van der Waals surface area contributed by atoms with Crippen LogP contribution in [0.3, 0.4) is 0 Å². The summed E-state index contributed by atoms with van der Waals surface area (Å²) in [5, 5.41) is 0. The molecule has 26 heavy (non-hydrogen) atoms. The Hall–Kier alpha value is -1.44. The molecule has 3 rings (SSSR count). The average molecular weight is 380 g/mol. The predicted molar refractivity (Wildman–Crippen MR) is 103 cm³/mol. The van der Waals surface area contributed by atoms with Gasteiger partial charge in [0.15, 0.2) is 0 Å². The van der Waals surface area contributed by atoms with E-state index < -0.39 is 10.0 Å². The molecule has 0 atom stereocenters. The molecule has 0 N–H and O–H groups in total. The van der Waals surface area contributed by atoms with Crippen molar-refractivity contribution in [1.29, 1.82) is 0 Å². The molecule has 0 aromatic heterocycles. The van der Waals surface area contributed by atoms with Gasteiger partial charge in [0.05, 0.1) is 5.75 Å². The minimum Gasteiger partial charge on any atom is -0.339 e. The van der Waals surface area contributed by atoms with Gasteiger partial charge in [-0.15, -0.1) is 0 Å². The topological polar surface area (TPSA) is 60.9 Å². The fourth-order valence-electron chi connectivity index (χ4n) is 3.57. The first-order valence-electron chi connectivity index (χ1n) is 9.50. The zero-order chi connectivity index (χ0) is 18.6. The Kier molecular flexibility index (Phi) is 6.32. The standard InChI is InChI=1S/C19H29N3O3S/c1-20-12-14-22(15-13-20)26(24,25)16-17-6-8-18(9-7-17)19(23)21-10-4-2-3-5-11-21/h6-9H,2-5,10-16H2,1H3. The second-order valence-corrected chi connectivity index (χ2v) is 9.33. The van der Waals surface area contributed by atoms with Crippen LogP contribution >= 0.6 is 0 Å². The van der Waals surface area contributed by atoms with Gasteiger partial charge in [0.2, 0.25) is 10.0 Å². The van der Waals surface area contributed by atoms with Gasteiger partial charge in [0.25, 0.3) is 5.91 Å². The van der Waals surface area contributed by atoms with Crippen molar-refractivity contribution in [2.24, 2.45) is 0 Å². The Morgan fingerprint density at radius 2 is 1.46 bits per heavy atom. The third kappa shape index (κ3) is 4.84. The molecule has 6 nitrogen and oxygen atoms in total. The van der Waals surface area contributed by atoms with Crippen LogP contribution < -0.4 is 0 Å². The number of amides is 1. The van der Waals surface area contributed by atoms with E-state index in [-0.39, 0.29) is 11.7 Å². The second kappa shape index (κ2) is 8.50. The largest absolute Gasteiger partial charge is 0.339 e. The normalized spacial score (nSPS) is 20.7. The summed E-state index contributed by atoms with van der Waals surface area (Å²) >= 11 is 0. The average Bonchev–Trinajstić information content (AvgIpc) is 2.91. The van der Waals surface area contributed by atoms with E-state index in [0.717, 1.165) is 44.6 Å². The lowest BCUT2D eigenvalue weighted by Gasteiger charge is -2.31. The van der Waals surface area contributed by atoms with E-state index in [1.165, 1.54) is 12.8 Å². The first kappa shape index (κ1) is 19.3. The Bertz CT molecular complexity index is 702. The molecule has 2 aliphatic rings. The SMILES string of the molecule is CN1CCN(S(=O)(=O)Cc2ccc(C(=O)N3CCCCCC3)cc2)CC1. The maximum atomic E-state index is 12.6. The van der Waals surface area contributed by atoms with Gasteiger partial charge in [-0.25, -0.2) is 8.42 Å². The molecule has 0 saturated carbocycles. The summed E-state index contributed by atoms with van der Waals surface area (Å²) in [5.41, 5.74) is 1.38. The molecule has 2 heterocycles. The van der Waals surface area contributed by atoms with Crippen LogP contribution in [0.2, 0.25) is 0 Å². The third-order valence-electron chi connectivity index (χ3n) is 5.30. The van der Waals surface area contributed by atoms with Crippen LogP contribution in [0, 0.1) is 0 Å². The van der Waals surface area contributed by atoms with Gasteiger partial charge < -0.3 is 9.80 Å². The molecule has 2 saturated heterocycles. The van der Waals surface area contributed by atoms with Crippen molar-refractivity contribution in [3.05, 3.63) is 35.4 Å². The minimum absolute atomic E-state index is 0.00506. The third-order valence-corrected chi connectivity index (χ3v) is 7.15. The number of rotatable bonds is 4. The predicted octanol–water partition coefficient (Wildman–Crippen LogP) is 1.78. The van der Waals surface area contributed by atoms with Crippen LogP contribution in [-0.4, -0.2) is 74.7 Å². The van der Waals surface area contributed by atoms with E-state index in [4.69, 9.17) is 0 Å². The summed E-state index contributed by atoms with van der Waals surface area (Å²) in [4.78, 5) is 16.7. The second-order valence-electron chi connectivity index (χ2n) is 7.36. The van der Waals surface area contributed by atoms with Gasteiger partial charge in [-0.05, 0) is 37.6 Å². The van der Waals surface area contributed by atoms with Gasteiger partial charge in [-0.2, -0.15) is 4.31 Å². The van der Waals surface area contributed by atoms with Crippen molar-refractivity contribution < 1.29 is 13.2 Å². The van der Waals surface area contributed by atoms with Gasteiger partial charge in [0.1, 0.15) is 0 Å². The number of sulfonamides is 1. The van der Waals surface area contributed by atoms with E-state index in [0.29, 0.717) is 18.7 Å². The number of likely N-dealkylation sites (N-methyl/N-ethyl adjacent to an activating group) is 1. The zero-order valence-electron chi connectivity index (χ0n) is 15.6. The summed E-state index contributed by atoms with van der Waals surface area (Å²) in [7, 11) is -1.30. The van der Waals surface area contributed by atoms with Crippen LogP contribution in [0.15, 0.2) is 24.3 Å². The maximum absolute atomic E-state index is 12.6. The van der Waals surface area contributed by atoms with Crippen LogP contribution in [0.1, 0.15) is 41.6 Å². The molecule has 0 aliphatic carbocycles. The smallest absolute Gasteiger partial charge is 0.253 e. The molecular weight excluding hydrogens is 350 g/mol. The van der Waals surface area contributed by atoms with E-state index in [9.17, 15) is 13.2 Å². The van der Waals surface area contributed by atoms with Crippen LogP contribution in [0.4, 0.5) is 0 Å². The highest BCUT2D eigenvalue weighted by atomic mass is 32.2. The Morgan fingerprint density at radius 1 is 0.885 bits per heavy atom. The van der Waals surface area contributed by atoms with Crippen molar-refractivity contribution in [3.63, 3.8) is 0 Å². The van der Waals surface area contributed by atoms with Crippen LogP contribution in [-0.2, 0) is 15.8 Å². The number of hydrogen-bond acceptors (Lipinski definition) is 4. The maximum Gasteiger partial charge on any atom is 0.253 e. The van der Waals surface area contributed by atoms with Crippen molar-refractivity contribution in [2.45, 2.75) is 31.4 Å². The van der Waals surface area contributed by atoms with E-state index >= 15 is 0 Å². The van der Waals surface area contributed by atoms with Gasteiger partial charge >= 0.3 is 0 Å². The highest BCUT2D eigenvalue weighted by molar-refractivity contribution is 7.88. The Labute approximate surface area is 156 Å². The molecule has 144 valence electrons. The number of hydrogen-bond donors (Lipinski definition) is 0. The quantitative estimate of drug-likeness (QED) is 0.800. The van der Waals surface area contributed by atoms with Crippen molar-refractivity contribution in [2.75, 3.05) is 46.3 Å². The number of carbonyl (C=O) groups is 1. The highest BCUT2D eigenvalue weighted by Crippen LogP contribution is 2.17. The molecule has 0 bridgehead atoms. The Morgan fingerprint density at radius 3 is 2.04 bits per heavy atom. The summed E-state index contributed by atoms with van der Waals surface area (Å²) < 4.78 is 26.8. The fraction of sp³-hybridized carbons (Fsp3) is 0.632. The fourth-order valence-corrected chi connectivity index (χ4v) is 5.08. The van der Waals surface area contributed by atoms with E-state index in [2.05, 4.69) is 4.90 Å². The molecule has 0 radical (unpaired) electrons. The van der Waals surface area contributed by atoms with Crippen molar-refractivity contribution >= 4 is 15.9 Å². The molecule has 0 unspecified atom stereocenters. The molecular formula is C19H29N3O3S. The number of benzene rings is 1. The lowest BCUT2D eigenvalue weighted by atomic mass is 10.1. The van der Waals surface area contributed by atoms with E-state index in [1.807, 2.05) is 11.9 Å². The highest BCUT2D eigenvalue weighted by Gasteiger charge is 2.26. The van der Waals surface area contributed by atoms with Crippen LogP contribution in [0.25, 0.3) is 0 Å². The summed E-state index contributed by atoms with van der Waals surface area (Å²) in [6.45, 7) is 4.26. The Balaban J connectivity index is 1.62. The number of likely N-dealkylation sites (tertiary alicyclic amines) is 1. The molecule has 2 aliphatic heterocycles. The van der Waals surface area contributed by atoms with Gasteiger partial charge in [0, 0.05) is 44.8 Å². The molecule has 2 fully saturated rings.